The van der Waals surface area contributed by atoms with Gasteiger partial charge in [-0.25, -0.2) is 8.42 Å². The van der Waals surface area contributed by atoms with E-state index in [9.17, 15) is 8.42 Å². The molecule has 1 aliphatic heterocycles. The molecule has 1 aliphatic rings. The van der Waals surface area contributed by atoms with Gasteiger partial charge in [0.2, 0.25) is 0 Å². The number of sulfone groups is 1. The van der Waals surface area contributed by atoms with Crippen molar-refractivity contribution in [3.63, 3.8) is 0 Å². The molecule has 0 bridgehead atoms. The molecule has 21 heavy (non-hydrogen) atoms. The summed E-state index contributed by atoms with van der Waals surface area (Å²) in [6, 6.07) is -0.0213. The number of ether oxygens (including phenoxy) is 1. The Morgan fingerprint density at radius 3 is 2.62 bits per heavy atom. The van der Waals surface area contributed by atoms with Crippen molar-refractivity contribution in [1.82, 2.24) is 10.6 Å². The number of unbranched alkanes of at least 4 members (excludes halogenated alkanes) is 1. The Kier molecular flexibility index (Phi) is 11.4. The minimum atomic E-state index is -2.85. The average molecular weight is 433 g/mol. The van der Waals surface area contributed by atoms with Crippen molar-refractivity contribution in [2.24, 2.45) is 4.99 Å². The number of nitrogens with one attached hydrogen (secondary N) is 2. The topological polar surface area (TPSA) is 79.8 Å². The zero-order valence-electron chi connectivity index (χ0n) is 12.9. The van der Waals surface area contributed by atoms with E-state index in [1.807, 2.05) is 0 Å². The highest BCUT2D eigenvalue weighted by molar-refractivity contribution is 14.0. The monoisotopic (exact) mass is 433 g/mol. The molecule has 0 saturated carbocycles. The van der Waals surface area contributed by atoms with Gasteiger partial charge in [0.15, 0.2) is 15.8 Å². The van der Waals surface area contributed by atoms with Gasteiger partial charge in [-0.2, -0.15) is 0 Å². The molecule has 6 nitrogen and oxygen atoms in total. The van der Waals surface area contributed by atoms with Crippen molar-refractivity contribution in [3.8, 4) is 0 Å². The second-order valence-electron chi connectivity index (χ2n) is 5.06. The van der Waals surface area contributed by atoms with Crippen molar-refractivity contribution < 1.29 is 13.2 Å². The van der Waals surface area contributed by atoms with Crippen LogP contribution in [0, 0.1) is 0 Å². The minimum absolute atomic E-state index is 0. The standard InChI is InChI=1S/C13H27N3O3S.HI/c1-3-4-8-19-9-5-7-15-13(14-2)16-12-6-10-20(17,18)11-12;/h12H,3-11H2,1-2H3,(H2,14,15,16);1H. The van der Waals surface area contributed by atoms with Crippen LogP contribution in [-0.4, -0.2) is 58.7 Å². The molecular weight excluding hydrogens is 405 g/mol. The highest BCUT2D eigenvalue weighted by Crippen LogP contribution is 2.10. The number of hydrogen-bond acceptors (Lipinski definition) is 4. The minimum Gasteiger partial charge on any atom is -0.381 e. The van der Waals surface area contributed by atoms with E-state index in [2.05, 4.69) is 22.5 Å². The maximum atomic E-state index is 11.4. The molecule has 0 radical (unpaired) electrons. The van der Waals surface area contributed by atoms with Gasteiger partial charge in [0.05, 0.1) is 11.5 Å². The fourth-order valence-corrected chi connectivity index (χ4v) is 3.70. The van der Waals surface area contributed by atoms with Crippen LogP contribution in [0.4, 0.5) is 0 Å². The van der Waals surface area contributed by atoms with E-state index >= 15 is 0 Å². The van der Waals surface area contributed by atoms with Gasteiger partial charge >= 0.3 is 0 Å². The molecule has 1 unspecified atom stereocenters. The number of aliphatic imine (C=N–C) groups is 1. The van der Waals surface area contributed by atoms with Crippen LogP contribution in [0.15, 0.2) is 4.99 Å². The highest BCUT2D eigenvalue weighted by Gasteiger charge is 2.28. The molecule has 2 N–H and O–H groups in total. The first kappa shape index (κ1) is 20.9. The molecule has 1 rings (SSSR count). The summed E-state index contributed by atoms with van der Waals surface area (Å²) in [5.74, 6) is 1.14. The summed E-state index contributed by atoms with van der Waals surface area (Å²) < 4.78 is 28.2. The van der Waals surface area contributed by atoms with Crippen molar-refractivity contribution >= 4 is 39.8 Å². The van der Waals surface area contributed by atoms with Gasteiger partial charge in [-0.1, -0.05) is 13.3 Å². The summed E-state index contributed by atoms with van der Waals surface area (Å²) >= 11 is 0. The molecule has 8 heteroatoms. The van der Waals surface area contributed by atoms with Crippen LogP contribution in [0.1, 0.15) is 32.6 Å². The predicted molar refractivity (Wildman–Crippen MR) is 97.3 cm³/mol. The third-order valence-corrected chi connectivity index (χ3v) is 4.96. The van der Waals surface area contributed by atoms with E-state index in [1.54, 1.807) is 7.05 Å². The lowest BCUT2D eigenvalue weighted by atomic mass is 10.3. The van der Waals surface area contributed by atoms with Crippen molar-refractivity contribution in [2.45, 2.75) is 38.6 Å². The van der Waals surface area contributed by atoms with Crippen LogP contribution in [0.2, 0.25) is 0 Å². The second kappa shape index (κ2) is 11.5. The highest BCUT2D eigenvalue weighted by atomic mass is 127. The van der Waals surface area contributed by atoms with Gasteiger partial charge in [-0.3, -0.25) is 4.99 Å². The molecule has 1 fully saturated rings. The molecule has 0 aromatic carbocycles. The fourth-order valence-electron chi connectivity index (χ4n) is 2.03. The van der Waals surface area contributed by atoms with E-state index in [4.69, 9.17) is 4.74 Å². The summed E-state index contributed by atoms with van der Waals surface area (Å²) in [6.07, 6.45) is 3.82. The van der Waals surface area contributed by atoms with Gasteiger partial charge in [0.25, 0.3) is 0 Å². The molecule has 0 aromatic rings. The lowest BCUT2D eigenvalue weighted by molar-refractivity contribution is 0.129. The lowest BCUT2D eigenvalue weighted by Crippen LogP contribution is -2.44. The Bertz CT molecular complexity index is 401. The van der Waals surface area contributed by atoms with Crippen LogP contribution >= 0.6 is 24.0 Å². The molecule has 0 aromatic heterocycles. The first-order valence-corrected chi connectivity index (χ1v) is 9.15. The summed E-state index contributed by atoms with van der Waals surface area (Å²) in [5, 5.41) is 6.33. The molecule has 0 aliphatic carbocycles. The molecule has 1 atom stereocenters. The Morgan fingerprint density at radius 2 is 2.05 bits per heavy atom. The molecule has 0 amide bonds. The maximum Gasteiger partial charge on any atom is 0.191 e. The lowest BCUT2D eigenvalue weighted by Gasteiger charge is -2.16. The van der Waals surface area contributed by atoms with Crippen molar-refractivity contribution in [2.75, 3.05) is 38.3 Å². The van der Waals surface area contributed by atoms with E-state index in [1.165, 1.54) is 0 Å². The Labute approximate surface area is 145 Å². The molecule has 126 valence electrons. The van der Waals surface area contributed by atoms with E-state index in [0.717, 1.165) is 39.0 Å². The second-order valence-corrected chi connectivity index (χ2v) is 7.29. The summed E-state index contributed by atoms with van der Waals surface area (Å²) in [7, 11) is -1.16. The van der Waals surface area contributed by atoms with Crippen LogP contribution < -0.4 is 10.6 Å². The van der Waals surface area contributed by atoms with Crippen LogP contribution in [0.5, 0.6) is 0 Å². The summed E-state index contributed by atoms with van der Waals surface area (Å²) in [6.45, 7) is 4.47. The van der Waals surface area contributed by atoms with Gasteiger partial charge in [-0.15, -0.1) is 24.0 Å². The van der Waals surface area contributed by atoms with Gasteiger partial charge in [-0.05, 0) is 19.3 Å². The van der Waals surface area contributed by atoms with Crippen LogP contribution in [0.25, 0.3) is 0 Å². The normalized spacial score (nSPS) is 20.9. The Morgan fingerprint density at radius 1 is 1.33 bits per heavy atom. The van der Waals surface area contributed by atoms with Gasteiger partial charge in [0.1, 0.15) is 0 Å². The predicted octanol–water partition coefficient (Wildman–Crippen LogP) is 1.16. The fraction of sp³-hybridized carbons (Fsp3) is 0.923. The smallest absolute Gasteiger partial charge is 0.191 e. The van der Waals surface area contributed by atoms with Crippen LogP contribution in [0.3, 0.4) is 0 Å². The van der Waals surface area contributed by atoms with Crippen LogP contribution in [-0.2, 0) is 14.6 Å². The number of nitrogens with zero attached hydrogens (tertiary/aromatic N) is 1. The first-order chi connectivity index (χ1) is 9.57. The van der Waals surface area contributed by atoms with Crippen molar-refractivity contribution in [3.05, 3.63) is 0 Å². The summed E-state index contributed by atoms with van der Waals surface area (Å²) in [5.41, 5.74) is 0. The number of rotatable bonds is 8. The number of halogens is 1. The third kappa shape index (κ3) is 9.51. The molecule has 0 spiro atoms. The number of hydrogen-bond donors (Lipinski definition) is 2. The quantitative estimate of drug-likeness (QED) is 0.260. The zero-order chi connectivity index (χ0) is 14.8. The third-order valence-electron chi connectivity index (χ3n) is 3.20. The van der Waals surface area contributed by atoms with Crippen molar-refractivity contribution in [1.29, 1.82) is 0 Å². The zero-order valence-corrected chi connectivity index (χ0v) is 16.1. The Hall–Kier alpha value is -0.0900. The largest absolute Gasteiger partial charge is 0.381 e. The number of guanidine groups is 1. The van der Waals surface area contributed by atoms with Gasteiger partial charge in [0, 0.05) is 32.8 Å². The molecule has 1 heterocycles. The Balaban J connectivity index is 0.00000400. The molecule has 1 saturated heterocycles. The maximum absolute atomic E-state index is 11.4. The van der Waals surface area contributed by atoms with Gasteiger partial charge < -0.3 is 15.4 Å². The van der Waals surface area contributed by atoms with E-state index < -0.39 is 9.84 Å². The van der Waals surface area contributed by atoms with E-state index in [-0.39, 0.29) is 41.5 Å². The average Bonchev–Trinajstić information content (AvgIpc) is 2.75. The molecular formula is C13H28IN3O3S. The SMILES string of the molecule is CCCCOCCCNC(=NC)NC1CCS(=O)(=O)C1.I. The van der Waals surface area contributed by atoms with E-state index in [0.29, 0.717) is 12.4 Å². The summed E-state index contributed by atoms with van der Waals surface area (Å²) in [4.78, 5) is 4.11. The first-order valence-electron chi connectivity index (χ1n) is 7.32.